The van der Waals surface area contributed by atoms with E-state index in [-0.39, 0.29) is 17.0 Å². The molecule has 4 aromatic rings. The first-order valence-electron chi connectivity index (χ1n) is 7.69. The van der Waals surface area contributed by atoms with Gasteiger partial charge in [0.15, 0.2) is 11.5 Å². The third-order valence-corrected chi connectivity index (χ3v) is 3.84. The number of H-pyrrole nitrogens is 1. The number of nitrogens with one attached hydrogen (secondary N) is 1. The van der Waals surface area contributed by atoms with E-state index in [1.165, 1.54) is 18.2 Å². The highest BCUT2D eigenvalue weighted by atomic mass is 19.3. The topological polar surface area (TPSA) is 72.3 Å². The van der Waals surface area contributed by atoms with Crippen molar-refractivity contribution >= 4 is 16.6 Å². The van der Waals surface area contributed by atoms with Crippen molar-refractivity contribution in [3.63, 3.8) is 0 Å². The van der Waals surface area contributed by atoms with Crippen molar-refractivity contribution in [2.24, 2.45) is 0 Å². The van der Waals surface area contributed by atoms with Crippen LogP contribution in [-0.4, -0.2) is 32.1 Å². The Kier molecular flexibility index (Phi) is 3.83. The molecule has 1 N–H and O–H groups in total. The van der Waals surface area contributed by atoms with Crippen LogP contribution in [0.3, 0.4) is 0 Å². The monoisotopic (exact) mass is 378 g/mol. The lowest BCUT2D eigenvalue weighted by Gasteiger charge is -2.18. The molecule has 0 saturated carbocycles. The lowest BCUT2D eigenvalue weighted by atomic mass is 10.2. The quantitative estimate of drug-likeness (QED) is 0.552. The van der Waals surface area contributed by atoms with Crippen molar-refractivity contribution in [2.75, 3.05) is 0 Å². The molecule has 0 aliphatic carbocycles. The van der Waals surface area contributed by atoms with Crippen molar-refractivity contribution in [2.45, 2.75) is 12.5 Å². The summed E-state index contributed by atoms with van der Waals surface area (Å²) in [4.78, 5) is 19.0. The number of nitrogens with zero attached hydrogens (tertiary/aromatic N) is 3. The number of fused-ring (bicyclic) bond motifs is 3. The summed E-state index contributed by atoms with van der Waals surface area (Å²) in [7, 11) is 0. The zero-order valence-electron chi connectivity index (χ0n) is 13.4. The van der Waals surface area contributed by atoms with E-state index in [9.17, 15) is 22.4 Å². The van der Waals surface area contributed by atoms with Crippen LogP contribution in [0.5, 0.6) is 5.75 Å². The van der Waals surface area contributed by atoms with Crippen LogP contribution < -0.4 is 10.4 Å². The van der Waals surface area contributed by atoms with Gasteiger partial charge in [-0.1, -0.05) is 24.3 Å². The summed E-state index contributed by atoms with van der Waals surface area (Å²) >= 11 is 0. The SMILES string of the molecule is O=c1[nH]c2ccccc2c2nc(-c3ccccc3OC(F)(F)C(F)F)nn12. The Hall–Kier alpha value is -3.43. The molecule has 6 nitrogen and oxygen atoms in total. The number of aromatic nitrogens is 4. The van der Waals surface area contributed by atoms with E-state index in [0.29, 0.717) is 10.9 Å². The lowest BCUT2D eigenvalue weighted by molar-refractivity contribution is -0.253. The van der Waals surface area contributed by atoms with Gasteiger partial charge >= 0.3 is 18.2 Å². The summed E-state index contributed by atoms with van der Waals surface area (Å²) < 4.78 is 56.8. The average Bonchev–Trinajstić information content (AvgIpc) is 3.08. The van der Waals surface area contributed by atoms with Gasteiger partial charge in [-0.25, -0.2) is 9.78 Å². The predicted octanol–water partition coefficient (Wildman–Crippen LogP) is 3.47. The molecular formula is C17H10F4N4O2. The van der Waals surface area contributed by atoms with E-state index in [4.69, 9.17) is 0 Å². The van der Waals surface area contributed by atoms with Crippen molar-refractivity contribution in [3.8, 4) is 17.1 Å². The second kappa shape index (κ2) is 6.08. The van der Waals surface area contributed by atoms with Gasteiger partial charge in [-0.3, -0.25) is 0 Å². The molecule has 0 radical (unpaired) electrons. The Morgan fingerprint density at radius 1 is 1.07 bits per heavy atom. The van der Waals surface area contributed by atoms with Gasteiger partial charge in [0, 0.05) is 5.39 Å². The van der Waals surface area contributed by atoms with Gasteiger partial charge in [-0.15, -0.1) is 5.10 Å². The number of hydrogen-bond acceptors (Lipinski definition) is 4. The fourth-order valence-corrected chi connectivity index (χ4v) is 2.63. The maximum atomic E-state index is 13.3. The first-order valence-corrected chi connectivity index (χ1v) is 7.69. The van der Waals surface area contributed by atoms with Crippen molar-refractivity contribution in [1.29, 1.82) is 0 Å². The van der Waals surface area contributed by atoms with Gasteiger partial charge in [-0.2, -0.15) is 22.1 Å². The third kappa shape index (κ3) is 2.88. The van der Waals surface area contributed by atoms with Gasteiger partial charge < -0.3 is 9.72 Å². The molecule has 27 heavy (non-hydrogen) atoms. The summed E-state index contributed by atoms with van der Waals surface area (Å²) in [5, 5.41) is 4.59. The summed E-state index contributed by atoms with van der Waals surface area (Å²) in [6.07, 6.45) is -8.69. The molecule has 10 heteroatoms. The van der Waals surface area contributed by atoms with Gasteiger partial charge in [0.25, 0.3) is 0 Å². The third-order valence-electron chi connectivity index (χ3n) is 3.84. The average molecular weight is 378 g/mol. The van der Waals surface area contributed by atoms with Crippen LogP contribution in [-0.2, 0) is 0 Å². The van der Waals surface area contributed by atoms with E-state index in [2.05, 4.69) is 19.8 Å². The number of ether oxygens (including phenoxy) is 1. The molecule has 2 aromatic carbocycles. The molecule has 0 atom stereocenters. The van der Waals surface area contributed by atoms with E-state index >= 15 is 0 Å². The van der Waals surface area contributed by atoms with Crippen LogP contribution in [0.15, 0.2) is 53.3 Å². The largest absolute Gasteiger partial charge is 0.461 e. The van der Waals surface area contributed by atoms with Crippen LogP contribution in [0.4, 0.5) is 17.6 Å². The molecule has 0 fully saturated rings. The van der Waals surface area contributed by atoms with Gasteiger partial charge in [0.1, 0.15) is 5.75 Å². The Morgan fingerprint density at radius 2 is 1.78 bits per heavy atom. The molecule has 138 valence electrons. The lowest BCUT2D eigenvalue weighted by Crippen LogP contribution is -2.33. The van der Waals surface area contributed by atoms with Crippen LogP contribution in [0.25, 0.3) is 27.9 Å². The second-order valence-electron chi connectivity index (χ2n) is 5.61. The fraction of sp³-hybridized carbons (Fsp3) is 0.118. The maximum Gasteiger partial charge on any atom is 0.461 e. The second-order valence-corrected chi connectivity index (χ2v) is 5.61. The normalized spacial score (nSPS) is 12.2. The van der Waals surface area contributed by atoms with E-state index < -0.39 is 24.0 Å². The Labute approximate surface area is 148 Å². The summed E-state index contributed by atoms with van der Waals surface area (Å²) in [6, 6.07) is 12.1. The molecule has 0 saturated heterocycles. The minimum absolute atomic E-state index is 0.0509. The Morgan fingerprint density at radius 3 is 2.56 bits per heavy atom. The molecule has 0 aliphatic heterocycles. The zero-order chi connectivity index (χ0) is 19.2. The maximum absolute atomic E-state index is 13.3. The molecule has 0 aliphatic rings. The molecule has 0 unspecified atom stereocenters. The number of para-hydroxylation sites is 2. The summed E-state index contributed by atoms with van der Waals surface area (Å²) in [5.41, 5.74) is 0.0752. The number of aromatic amines is 1. The molecule has 0 spiro atoms. The molecule has 0 amide bonds. The van der Waals surface area contributed by atoms with E-state index in [1.54, 1.807) is 24.3 Å². The van der Waals surface area contributed by atoms with Crippen molar-refractivity contribution in [3.05, 3.63) is 59.0 Å². The molecule has 4 rings (SSSR count). The zero-order valence-corrected chi connectivity index (χ0v) is 13.4. The fourth-order valence-electron chi connectivity index (χ4n) is 2.63. The van der Waals surface area contributed by atoms with Gasteiger partial charge in [-0.05, 0) is 24.3 Å². The number of halogens is 4. The minimum Gasteiger partial charge on any atom is -0.428 e. The number of rotatable bonds is 4. The van der Waals surface area contributed by atoms with Crippen LogP contribution in [0.1, 0.15) is 0 Å². The highest BCUT2D eigenvalue weighted by Gasteiger charge is 2.44. The van der Waals surface area contributed by atoms with E-state index in [0.717, 1.165) is 10.6 Å². The number of alkyl halides is 4. The van der Waals surface area contributed by atoms with Gasteiger partial charge in [0.05, 0.1) is 11.1 Å². The van der Waals surface area contributed by atoms with Crippen LogP contribution in [0.2, 0.25) is 0 Å². The predicted molar refractivity (Wildman–Crippen MR) is 88.1 cm³/mol. The molecule has 2 aromatic heterocycles. The Bertz CT molecular complexity index is 1200. The molecular weight excluding hydrogens is 368 g/mol. The van der Waals surface area contributed by atoms with Crippen LogP contribution >= 0.6 is 0 Å². The number of benzene rings is 2. The van der Waals surface area contributed by atoms with E-state index in [1.807, 2.05) is 0 Å². The van der Waals surface area contributed by atoms with Crippen molar-refractivity contribution < 1.29 is 22.3 Å². The Balaban J connectivity index is 1.90. The highest BCUT2D eigenvalue weighted by Crippen LogP contribution is 2.34. The standard InChI is InChI=1S/C17H10F4N4O2/c18-15(19)17(20,21)27-12-8-4-2-6-10(12)13-23-14-9-5-1-3-7-11(9)22-16(26)25(14)24-13/h1-8,15H,(H,22,26). The first-order chi connectivity index (χ1) is 12.9. The summed E-state index contributed by atoms with van der Waals surface area (Å²) in [6.45, 7) is 0. The van der Waals surface area contributed by atoms with Crippen molar-refractivity contribution in [1.82, 2.24) is 19.6 Å². The summed E-state index contributed by atoms with van der Waals surface area (Å²) in [5.74, 6) is -0.642. The first kappa shape index (κ1) is 17.0. The molecule has 2 heterocycles. The van der Waals surface area contributed by atoms with Gasteiger partial charge in [0.2, 0.25) is 0 Å². The van der Waals surface area contributed by atoms with Crippen LogP contribution in [0, 0.1) is 0 Å². The smallest absolute Gasteiger partial charge is 0.428 e. The highest BCUT2D eigenvalue weighted by molar-refractivity contribution is 5.91. The minimum atomic E-state index is -4.68. The number of hydrogen-bond donors (Lipinski definition) is 1. The molecule has 0 bridgehead atoms.